The van der Waals surface area contributed by atoms with Gasteiger partial charge >= 0.3 is 0 Å². The molecule has 3 rings (SSSR count). The summed E-state index contributed by atoms with van der Waals surface area (Å²) in [7, 11) is 0. The maximum atomic E-state index is 12.6. The number of unbranched alkanes of at least 4 members (excludes halogenated alkanes) is 1. The highest BCUT2D eigenvalue weighted by Crippen LogP contribution is 2.32. The van der Waals surface area contributed by atoms with Gasteiger partial charge in [-0.25, -0.2) is 4.68 Å². The lowest BCUT2D eigenvalue weighted by Gasteiger charge is -2.15. The van der Waals surface area contributed by atoms with Crippen molar-refractivity contribution in [3.8, 4) is 22.4 Å². The fourth-order valence-corrected chi connectivity index (χ4v) is 2.74. The van der Waals surface area contributed by atoms with Crippen molar-refractivity contribution >= 4 is 5.69 Å². The third-order valence-corrected chi connectivity index (χ3v) is 4.02. The van der Waals surface area contributed by atoms with Gasteiger partial charge in [0.2, 0.25) is 0 Å². The van der Waals surface area contributed by atoms with Crippen LogP contribution in [0.25, 0.3) is 22.4 Å². The van der Waals surface area contributed by atoms with Gasteiger partial charge in [0.15, 0.2) is 0 Å². The second-order valence-electron chi connectivity index (χ2n) is 5.75. The van der Waals surface area contributed by atoms with Gasteiger partial charge in [0.25, 0.3) is 5.56 Å². The number of rotatable bonds is 5. The van der Waals surface area contributed by atoms with Crippen LogP contribution in [0.4, 0.5) is 5.69 Å². The molecule has 4 heteroatoms. The minimum Gasteiger partial charge on any atom is -0.394 e. The standard InChI is InChI=1S/C20H21N3O/c1-2-3-14-23-20(24)18(21)17(15-10-6-4-7-11-15)19(22-23)16-12-8-5-9-13-16/h4-13H,2-3,14,21H2,1H3. The molecule has 0 bridgehead atoms. The zero-order valence-electron chi connectivity index (χ0n) is 13.8. The number of nitrogens with two attached hydrogens (primary N) is 1. The second kappa shape index (κ2) is 7.13. The van der Waals surface area contributed by atoms with Gasteiger partial charge in [0, 0.05) is 17.7 Å². The molecule has 0 saturated carbocycles. The first kappa shape index (κ1) is 16.0. The van der Waals surface area contributed by atoms with E-state index in [1.54, 1.807) is 0 Å². The van der Waals surface area contributed by atoms with Crippen LogP contribution in [0.3, 0.4) is 0 Å². The first-order chi connectivity index (χ1) is 11.7. The fourth-order valence-electron chi connectivity index (χ4n) is 2.74. The Morgan fingerprint density at radius 1 is 0.958 bits per heavy atom. The van der Waals surface area contributed by atoms with Crippen LogP contribution >= 0.6 is 0 Å². The molecule has 0 radical (unpaired) electrons. The summed E-state index contributed by atoms with van der Waals surface area (Å²) in [5, 5.41) is 4.64. The molecule has 0 atom stereocenters. The number of anilines is 1. The molecule has 24 heavy (non-hydrogen) atoms. The minimum atomic E-state index is -0.220. The number of benzene rings is 2. The average Bonchev–Trinajstić information content (AvgIpc) is 2.64. The van der Waals surface area contributed by atoms with E-state index in [0.717, 1.165) is 29.7 Å². The number of hydrogen-bond donors (Lipinski definition) is 1. The summed E-state index contributed by atoms with van der Waals surface area (Å²) in [6.07, 6.45) is 1.89. The smallest absolute Gasteiger partial charge is 0.290 e. The molecule has 0 aliphatic heterocycles. The Morgan fingerprint density at radius 2 is 1.54 bits per heavy atom. The Hall–Kier alpha value is -2.88. The lowest BCUT2D eigenvalue weighted by atomic mass is 9.98. The maximum Gasteiger partial charge on any atom is 0.290 e. The van der Waals surface area contributed by atoms with Crippen molar-refractivity contribution in [3.05, 3.63) is 71.0 Å². The van der Waals surface area contributed by atoms with Gasteiger partial charge in [-0.15, -0.1) is 0 Å². The van der Waals surface area contributed by atoms with Gasteiger partial charge < -0.3 is 5.73 Å². The maximum absolute atomic E-state index is 12.6. The van der Waals surface area contributed by atoms with Crippen LogP contribution in [-0.4, -0.2) is 9.78 Å². The van der Waals surface area contributed by atoms with E-state index in [9.17, 15) is 4.79 Å². The molecule has 0 saturated heterocycles. The second-order valence-corrected chi connectivity index (χ2v) is 5.75. The predicted octanol–water partition coefficient (Wildman–Crippen LogP) is 3.96. The molecule has 4 nitrogen and oxygen atoms in total. The zero-order valence-corrected chi connectivity index (χ0v) is 13.8. The summed E-state index contributed by atoms with van der Waals surface area (Å²) in [6, 6.07) is 19.6. The van der Waals surface area contributed by atoms with Crippen molar-refractivity contribution in [2.24, 2.45) is 0 Å². The summed E-state index contributed by atoms with van der Waals surface area (Å²) in [5.74, 6) is 0. The van der Waals surface area contributed by atoms with Crippen LogP contribution in [0.5, 0.6) is 0 Å². The van der Waals surface area contributed by atoms with E-state index >= 15 is 0 Å². The van der Waals surface area contributed by atoms with Crippen LogP contribution in [0, 0.1) is 0 Å². The average molecular weight is 319 g/mol. The van der Waals surface area contributed by atoms with Gasteiger partial charge in [-0.1, -0.05) is 74.0 Å². The summed E-state index contributed by atoms with van der Waals surface area (Å²) < 4.78 is 1.49. The molecule has 1 heterocycles. The molecule has 1 aromatic heterocycles. The van der Waals surface area contributed by atoms with Crippen molar-refractivity contribution in [3.63, 3.8) is 0 Å². The first-order valence-electron chi connectivity index (χ1n) is 8.23. The summed E-state index contributed by atoms with van der Waals surface area (Å²) >= 11 is 0. The predicted molar refractivity (Wildman–Crippen MR) is 98.7 cm³/mol. The molecule has 2 N–H and O–H groups in total. The van der Waals surface area contributed by atoms with Gasteiger partial charge in [0.05, 0.1) is 0 Å². The van der Waals surface area contributed by atoms with Crippen LogP contribution in [0.2, 0.25) is 0 Å². The molecular weight excluding hydrogens is 298 g/mol. The van der Waals surface area contributed by atoms with E-state index < -0.39 is 0 Å². The Balaban J connectivity index is 2.27. The Bertz CT molecular complexity index is 871. The van der Waals surface area contributed by atoms with E-state index in [-0.39, 0.29) is 11.2 Å². The zero-order chi connectivity index (χ0) is 16.9. The molecule has 2 aromatic carbocycles. The van der Waals surface area contributed by atoms with Gasteiger partial charge in [-0.05, 0) is 12.0 Å². The lowest BCUT2D eigenvalue weighted by molar-refractivity contribution is 0.547. The minimum absolute atomic E-state index is 0.220. The van der Waals surface area contributed by atoms with E-state index in [2.05, 4.69) is 12.0 Å². The van der Waals surface area contributed by atoms with Gasteiger partial charge in [0.1, 0.15) is 11.4 Å². The van der Waals surface area contributed by atoms with Gasteiger partial charge in [-0.3, -0.25) is 4.79 Å². The Morgan fingerprint density at radius 3 is 2.12 bits per heavy atom. The highest BCUT2D eigenvalue weighted by Gasteiger charge is 2.17. The molecule has 0 amide bonds. The van der Waals surface area contributed by atoms with Crippen molar-refractivity contribution in [1.82, 2.24) is 9.78 Å². The summed E-state index contributed by atoms with van der Waals surface area (Å²) in [6.45, 7) is 2.67. The molecule has 0 spiro atoms. The third-order valence-electron chi connectivity index (χ3n) is 4.02. The molecule has 0 fully saturated rings. The van der Waals surface area contributed by atoms with Crippen molar-refractivity contribution < 1.29 is 0 Å². The summed E-state index contributed by atoms with van der Waals surface area (Å²) in [5.41, 5.74) is 9.60. The Labute approximate surface area is 141 Å². The first-order valence-corrected chi connectivity index (χ1v) is 8.23. The number of nitrogens with zero attached hydrogens (tertiary/aromatic N) is 2. The van der Waals surface area contributed by atoms with E-state index in [4.69, 9.17) is 5.73 Å². The van der Waals surface area contributed by atoms with Crippen molar-refractivity contribution in [2.75, 3.05) is 5.73 Å². The lowest BCUT2D eigenvalue weighted by Crippen LogP contribution is -2.27. The quantitative estimate of drug-likeness (QED) is 0.774. The van der Waals surface area contributed by atoms with E-state index in [1.165, 1.54) is 4.68 Å². The normalized spacial score (nSPS) is 10.7. The van der Waals surface area contributed by atoms with Crippen LogP contribution in [0.15, 0.2) is 65.5 Å². The van der Waals surface area contributed by atoms with E-state index in [0.29, 0.717) is 12.1 Å². The van der Waals surface area contributed by atoms with Crippen LogP contribution in [0.1, 0.15) is 19.8 Å². The molecular formula is C20H21N3O. The van der Waals surface area contributed by atoms with Crippen molar-refractivity contribution in [1.29, 1.82) is 0 Å². The number of nitrogen functional groups attached to an aromatic ring is 1. The topological polar surface area (TPSA) is 60.9 Å². The highest BCUT2D eigenvalue weighted by atomic mass is 16.1. The largest absolute Gasteiger partial charge is 0.394 e. The fraction of sp³-hybridized carbons (Fsp3) is 0.200. The SMILES string of the molecule is CCCCn1nc(-c2ccccc2)c(-c2ccccc2)c(N)c1=O. The molecule has 122 valence electrons. The molecule has 0 aliphatic carbocycles. The Kier molecular flexibility index (Phi) is 4.75. The highest BCUT2D eigenvalue weighted by molar-refractivity contribution is 5.88. The molecule has 0 unspecified atom stereocenters. The van der Waals surface area contributed by atoms with Crippen molar-refractivity contribution in [2.45, 2.75) is 26.3 Å². The molecule has 0 aliphatic rings. The van der Waals surface area contributed by atoms with Crippen LogP contribution < -0.4 is 11.3 Å². The third kappa shape index (κ3) is 3.08. The van der Waals surface area contributed by atoms with Gasteiger partial charge in [-0.2, -0.15) is 5.10 Å². The number of aromatic nitrogens is 2. The number of aryl methyl sites for hydroxylation is 1. The van der Waals surface area contributed by atoms with E-state index in [1.807, 2.05) is 60.7 Å². The molecule has 3 aromatic rings. The van der Waals surface area contributed by atoms with Crippen LogP contribution in [-0.2, 0) is 6.54 Å². The number of hydrogen-bond acceptors (Lipinski definition) is 3. The summed E-state index contributed by atoms with van der Waals surface area (Å²) in [4.78, 5) is 12.6. The monoisotopic (exact) mass is 319 g/mol.